The number of carbonyl (C=O) groups excluding carboxylic acids is 1. The van der Waals surface area contributed by atoms with E-state index in [1.54, 1.807) is 11.3 Å². The summed E-state index contributed by atoms with van der Waals surface area (Å²) in [7, 11) is 1.90. The van der Waals surface area contributed by atoms with E-state index in [1.165, 1.54) is 4.88 Å². The van der Waals surface area contributed by atoms with Gasteiger partial charge in [-0.25, -0.2) is 4.98 Å². The molecule has 1 N–H and O–H groups in total. The maximum absolute atomic E-state index is 12.4. The SMILES string of the molecule is Cc1ncsc1CN(C)C(=O)C1CCNCC1C. The number of amides is 1. The van der Waals surface area contributed by atoms with Gasteiger partial charge in [-0.3, -0.25) is 4.79 Å². The molecular weight excluding hydrogens is 246 g/mol. The number of hydrogen-bond acceptors (Lipinski definition) is 4. The van der Waals surface area contributed by atoms with Crippen LogP contribution in [0.3, 0.4) is 0 Å². The van der Waals surface area contributed by atoms with Crippen LogP contribution in [0.2, 0.25) is 0 Å². The molecule has 0 aliphatic carbocycles. The summed E-state index contributed by atoms with van der Waals surface area (Å²) in [6.07, 6.45) is 0.950. The van der Waals surface area contributed by atoms with Crippen molar-refractivity contribution in [3.05, 3.63) is 16.1 Å². The summed E-state index contributed by atoms with van der Waals surface area (Å²) in [4.78, 5) is 19.7. The Morgan fingerprint density at radius 1 is 1.67 bits per heavy atom. The highest BCUT2D eigenvalue weighted by molar-refractivity contribution is 7.09. The van der Waals surface area contributed by atoms with Gasteiger partial charge in [0.2, 0.25) is 5.91 Å². The molecule has 1 saturated heterocycles. The van der Waals surface area contributed by atoms with Crippen LogP contribution in [0.5, 0.6) is 0 Å². The van der Waals surface area contributed by atoms with Crippen LogP contribution in [0.15, 0.2) is 5.51 Å². The van der Waals surface area contributed by atoms with Crippen molar-refractivity contribution < 1.29 is 4.79 Å². The molecule has 4 nitrogen and oxygen atoms in total. The second-order valence-corrected chi connectivity index (χ2v) is 6.07. The van der Waals surface area contributed by atoms with Crippen LogP contribution in [0.4, 0.5) is 0 Å². The zero-order chi connectivity index (χ0) is 13.1. The largest absolute Gasteiger partial charge is 0.340 e. The first kappa shape index (κ1) is 13.5. The molecule has 1 aliphatic rings. The fraction of sp³-hybridized carbons (Fsp3) is 0.692. The van der Waals surface area contributed by atoms with Crippen LogP contribution < -0.4 is 5.32 Å². The molecule has 0 aromatic carbocycles. The fourth-order valence-corrected chi connectivity index (χ4v) is 3.26. The third kappa shape index (κ3) is 2.90. The van der Waals surface area contributed by atoms with Gasteiger partial charge in [-0.1, -0.05) is 6.92 Å². The Kier molecular flexibility index (Phi) is 4.35. The van der Waals surface area contributed by atoms with E-state index in [-0.39, 0.29) is 11.8 Å². The molecule has 2 unspecified atom stereocenters. The molecule has 1 aromatic heterocycles. The van der Waals surface area contributed by atoms with Gasteiger partial charge in [0.15, 0.2) is 0 Å². The number of rotatable bonds is 3. The molecule has 1 aromatic rings. The van der Waals surface area contributed by atoms with Crippen LogP contribution in [0, 0.1) is 18.8 Å². The summed E-state index contributed by atoms with van der Waals surface area (Å²) in [5.74, 6) is 0.873. The lowest BCUT2D eigenvalue weighted by atomic mass is 9.87. The molecule has 1 amide bonds. The van der Waals surface area contributed by atoms with E-state index >= 15 is 0 Å². The lowest BCUT2D eigenvalue weighted by Crippen LogP contribution is -2.43. The second kappa shape index (κ2) is 5.80. The normalized spacial score (nSPS) is 23.9. The first-order valence-corrected chi connectivity index (χ1v) is 7.32. The van der Waals surface area contributed by atoms with E-state index in [1.807, 2.05) is 24.4 Å². The van der Waals surface area contributed by atoms with Crippen LogP contribution >= 0.6 is 11.3 Å². The van der Waals surface area contributed by atoms with E-state index in [9.17, 15) is 4.79 Å². The number of nitrogens with zero attached hydrogens (tertiary/aromatic N) is 2. The van der Waals surface area contributed by atoms with Crippen molar-refractivity contribution >= 4 is 17.2 Å². The standard InChI is InChI=1S/C13H21N3OS/c1-9-6-14-5-4-11(9)13(17)16(3)7-12-10(2)15-8-18-12/h8-9,11,14H,4-7H2,1-3H3. The Balaban J connectivity index is 1.98. The zero-order valence-electron chi connectivity index (χ0n) is 11.3. The minimum absolute atomic E-state index is 0.171. The van der Waals surface area contributed by atoms with E-state index in [0.29, 0.717) is 12.5 Å². The van der Waals surface area contributed by atoms with Crippen LogP contribution in [0.25, 0.3) is 0 Å². The molecule has 0 spiro atoms. The maximum atomic E-state index is 12.4. The summed E-state index contributed by atoms with van der Waals surface area (Å²) < 4.78 is 0. The van der Waals surface area contributed by atoms with Gasteiger partial charge in [0.1, 0.15) is 0 Å². The van der Waals surface area contributed by atoms with Crippen molar-refractivity contribution in [2.75, 3.05) is 20.1 Å². The maximum Gasteiger partial charge on any atom is 0.226 e. The van der Waals surface area contributed by atoms with Gasteiger partial charge in [-0.2, -0.15) is 0 Å². The van der Waals surface area contributed by atoms with Gasteiger partial charge < -0.3 is 10.2 Å². The lowest BCUT2D eigenvalue weighted by Gasteiger charge is -2.31. The quantitative estimate of drug-likeness (QED) is 0.906. The highest BCUT2D eigenvalue weighted by Gasteiger charge is 2.29. The molecule has 0 bridgehead atoms. The lowest BCUT2D eigenvalue weighted by molar-refractivity contribution is -0.137. The topological polar surface area (TPSA) is 45.2 Å². The van der Waals surface area contributed by atoms with Crippen molar-refractivity contribution in [3.8, 4) is 0 Å². The molecule has 100 valence electrons. The van der Waals surface area contributed by atoms with Crippen LogP contribution in [-0.2, 0) is 11.3 Å². The smallest absolute Gasteiger partial charge is 0.226 e. The van der Waals surface area contributed by atoms with Crippen LogP contribution in [-0.4, -0.2) is 35.9 Å². The second-order valence-electron chi connectivity index (χ2n) is 5.13. The van der Waals surface area contributed by atoms with Crippen molar-refractivity contribution in [2.45, 2.75) is 26.8 Å². The Labute approximate surface area is 112 Å². The molecule has 5 heteroatoms. The van der Waals surface area contributed by atoms with Crippen molar-refractivity contribution in [1.29, 1.82) is 0 Å². The predicted octanol–water partition coefficient (Wildman–Crippen LogP) is 1.66. The van der Waals surface area contributed by atoms with E-state index in [0.717, 1.165) is 25.2 Å². The molecule has 1 aliphatic heterocycles. The monoisotopic (exact) mass is 267 g/mol. The number of aromatic nitrogens is 1. The van der Waals surface area contributed by atoms with Crippen molar-refractivity contribution in [1.82, 2.24) is 15.2 Å². The van der Waals surface area contributed by atoms with Gasteiger partial charge in [-0.15, -0.1) is 11.3 Å². The van der Waals surface area contributed by atoms with E-state index < -0.39 is 0 Å². The van der Waals surface area contributed by atoms with Gasteiger partial charge in [0.25, 0.3) is 0 Å². The Hall–Kier alpha value is -0.940. The highest BCUT2D eigenvalue weighted by atomic mass is 32.1. The average Bonchev–Trinajstić information content (AvgIpc) is 2.75. The first-order valence-electron chi connectivity index (χ1n) is 6.44. The summed E-state index contributed by atoms with van der Waals surface area (Å²) in [6.45, 7) is 6.74. The van der Waals surface area contributed by atoms with Crippen molar-refractivity contribution in [2.24, 2.45) is 11.8 Å². The number of carbonyl (C=O) groups is 1. The summed E-state index contributed by atoms with van der Waals surface area (Å²) in [5, 5.41) is 3.33. The number of nitrogens with one attached hydrogen (secondary N) is 1. The molecule has 1 fully saturated rings. The Bertz CT molecular complexity index is 418. The Morgan fingerprint density at radius 3 is 3.06 bits per heavy atom. The zero-order valence-corrected chi connectivity index (χ0v) is 12.1. The van der Waals surface area contributed by atoms with Gasteiger partial charge in [0.05, 0.1) is 17.7 Å². The average molecular weight is 267 g/mol. The molecular formula is C13H21N3OS. The molecule has 18 heavy (non-hydrogen) atoms. The number of aryl methyl sites for hydroxylation is 1. The summed E-state index contributed by atoms with van der Waals surface area (Å²) in [6, 6.07) is 0. The molecule has 0 radical (unpaired) electrons. The van der Waals surface area contributed by atoms with E-state index in [2.05, 4.69) is 17.2 Å². The van der Waals surface area contributed by atoms with Crippen LogP contribution in [0.1, 0.15) is 23.9 Å². The summed E-state index contributed by atoms with van der Waals surface area (Å²) in [5.41, 5.74) is 2.88. The highest BCUT2D eigenvalue weighted by Crippen LogP contribution is 2.22. The minimum atomic E-state index is 0.171. The number of hydrogen-bond donors (Lipinski definition) is 1. The number of thiazole rings is 1. The molecule has 0 saturated carbocycles. The molecule has 2 atom stereocenters. The number of piperidine rings is 1. The summed E-state index contributed by atoms with van der Waals surface area (Å²) >= 11 is 1.63. The predicted molar refractivity (Wildman–Crippen MR) is 73.5 cm³/mol. The minimum Gasteiger partial charge on any atom is -0.340 e. The van der Waals surface area contributed by atoms with Gasteiger partial charge in [0, 0.05) is 17.8 Å². The third-order valence-electron chi connectivity index (χ3n) is 3.70. The van der Waals surface area contributed by atoms with Crippen molar-refractivity contribution in [3.63, 3.8) is 0 Å². The van der Waals surface area contributed by atoms with Gasteiger partial charge >= 0.3 is 0 Å². The Morgan fingerprint density at radius 2 is 2.44 bits per heavy atom. The molecule has 2 heterocycles. The van der Waals surface area contributed by atoms with Gasteiger partial charge in [-0.05, 0) is 32.4 Å². The molecule has 2 rings (SSSR count). The first-order chi connectivity index (χ1) is 8.59. The fourth-order valence-electron chi connectivity index (χ4n) is 2.44. The third-order valence-corrected chi connectivity index (χ3v) is 4.62. The van der Waals surface area contributed by atoms with E-state index in [4.69, 9.17) is 0 Å².